The summed E-state index contributed by atoms with van der Waals surface area (Å²) in [5.74, 6) is 0.442. The second-order valence-corrected chi connectivity index (χ2v) is 4.98. The van der Waals surface area contributed by atoms with Gasteiger partial charge in [-0.3, -0.25) is 14.5 Å². The van der Waals surface area contributed by atoms with Crippen molar-refractivity contribution in [3.63, 3.8) is 0 Å². The summed E-state index contributed by atoms with van der Waals surface area (Å²) in [5, 5.41) is 0. The summed E-state index contributed by atoms with van der Waals surface area (Å²) in [6, 6.07) is 7.57. The van der Waals surface area contributed by atoms with Gasteiger partial charge in [0.25, 0.3) is 0 Å². The molecular formula is C15H20N2O3. The van der Waals surface area contributed by atoms with Crippen molar-refractivity contribution in [2.75, 3.05) is 26.2 Å². The number of ether oxygens (including phenoxy) is 1. The lowest BCUT2D eigenvalue weighted by Gasteiger charge is -2.34. The largest absolute Gasteiger partial charge is 0.426 e. The number of benzene rings is 1. The van der Waals surface area contributed by atoms with E-state index in [1.54, 1.807) is 6.92 Å². The van der Waals surface area contributed by atoms with Crippen LogP contribution in [0, 0.1) is 0 Å². The number of amides is 1. The van der Waals surface area contributed by atoms with Crippen LogP contribution in [0.4, 0.5) is 0 Å². The fourth-order valence-corrected chi connectivity index (χ4v) is 2.35. The average molecular weight is 276 g/mol. The van der Waals surface area contributed by atoms with Gasteiger partial charge in [0.2, 0.25) is 5.91 Å². The first-order valence-corrected chi connectivity index (χ1v) is 6.80. The molecular weight excluding hydrogens is 256 g/mol. The van der Waals surface area contributed by atoms with E-state index < -0.39 is 0 Å². The molecule has 0 atom stereocenters. The first-order valence-electron chi connectivity index (χ1n) is 6.80. The first-order chi connectivity index (χ1) is 9.56. The van der Waals surface area contributed by atoms with Crippen molar-refractivity contribution in [2.24, 2.45) is 0 Å². The van der Waals surface area contributed by atoms with E-state index in [9.17, 15) is 9.59 Å². The standard InChI is InChI=1S/C15H20N2O3/c1-12(18)17-9-7-16(8-10-17)11-14-5-3-4-6-15(14)20-13(2)19/h3-6H,7-11H2,1-2H3. The van der Waals surface area contributed by atoms with Crippen molar-refractivity contribution in [3.05, 3.63) is 29.8 Å². The molecule has 1 aliphatic heterocycles. The number of esters is 1. The highest BCUT2D eigenvalue weighted by Crippen LogP contribution is 2.20. The number of hydrogen-bond acceptors (Lipinski definition) is 4. The van der Waals surface area contributed by atoms with Gasteiger partial charge in [0, 0.05) is 52.1 Å². The molecule has 0 radical (unpaired) electrons. The number of carbonyl (C=O) groups excluding carboxylic acids is 2. The number of hydrogen-bond donors (Lipinski definition) is 0. The molecule has 5 nitrogen and oxygen atoms in total. The molecule has 1 aromatic carbocycles. The van der Waals surface area contributed by atoms with E-state index in [-0.39, 0.29) is 11.9 Å². The second-order valence-electron chi connectivity index (χ2n) is 4.98. The number of piperazine rings is 1. The highest BCUT2D eigenvalue weighted by Gasteiger charge is 2.19. The van der Waals surface area contributed by atoms with Crippen LogP contribution in [0.2, 0.25) is 0 Å². The predicted octanol–water partition coefficient (Wildman–Crippen LogP) is 1.28. The van der Waals surface area contributed by atoms with Crippen LogP contribution in [0.3, 0.4) is 0 Å². The average Bonchev–Trinajstić information content (AvgIpc) is 2.41. The van der Waals surface area contributed by atoms with Gasteiger partial charge in [-0.15, -0.1) is 0 Å². The number of rotatable bonds is 3. The molecule has 0 saturated carbocycles. The summed E-state index contributed by atoms with van der Waals surface area (Å²) >= 11 is 0. The third-order valence-electron chi connectivity index (χ3n) is 3.44. The van der Waals surface area contributed by atoms with Gasteiger partial charge in [-0.25, -0.2) is 0 Å². The second kappa shape index (κ2) is 6.52. The Morgan fingerprint density at radius 3 is 2.35 bits per heavy atom. The van der Waals surface area contributed by atoms with Crippen molar-refractivity contribution in [2.45, 2.75) is 20.4 Å². The Labute approximate surface area is 119 Å². The normalized spacial score (nSPS) is 16.0. The summed E-state index contributed by atoms with van der Waals surface area (Å²) in [6.45, 7) is 6.93. The highest BCUT2D eigenvalue weighted by molar-refractivity contribution is 5.73. The number of carbonyl (C=O) groups is 2. The topological polar surface area (TPSA) is 49.9 Å². The molecule has 1 heterocycles. The molecule has 0 aliphatic carbocycles. The SMILES string of the molecule is CC(=O)Oc1ccccc1CN1CCN(C(C)=O)CC1. The van der Waals surface area contributed by atoms with Crippen molar-refractivity contribution in [3.8, 4) is 5.75 Å². The van der Waals surface area contributed by atoms with Gasteiger partial charge in [0.15, 0.2) is 0 Å². The predicted molar refractivity (Wildman–Crippen MR) is 75.3 cm³/mol. The van der Waals surface area contributed by atoms with Gasteiger partial charge in [0.1, 0.15) is 5.75 Å². The summed E-state index contributed by atoms with van der Waals surface area (Å²) in [7, 11) is 0. The fourth-order valence-electron chi connectivity index (χ4n) is 2.35. The Hall–Kier alpha value is -1.88. The van der Waals surface area contributed by atoms with E-state index in [2.05, 4.69) is 4.90 Å². The third kappa shape index (κ3) is 3.81. The molecule has 0 bridgehead atoms. The molecule has 0 unspecified atom stereocenters. The minimum absolute atomic E-state index is 0.130. The molecule has 1 amide bonds. The van der Waals surface area contributed by atoms with E-state index in [1.165, 1.54) is 6.92 Å². The van der Waals surface area contributed by atoms with Gasteiger partial charge in [0.05, 0.1) is 0 Å². The maximum Gasteiger partial charge on any atom is 0.308 e. The van der Waals surface area contributed by atoms with Crippen molar-refractivity contribution in [1.82, 2.24) is 9.80 Å². The van der Waals surface area contributed by atoms with Crippen LogP contribution in [0.5, 0.6) is 5.75 Å². The van der Waals surface area contributed by atoms with Crippen LogP contribution in [0.15, 0.2) is 24.3 Å². The van der Waals surface area contributed by atoms with E-state index >= 15 is 0 Å². The van der Waals surface area contributed by atoms with Gasteiger partial charge in [-0.05, 0) is 6.07 Å². The minimum atomic E-state index is -0.307. The van der Waals surface area contributed by atoms with Gasteiger partial charge < -0.3 is 9.64 Å². The van der Waals surface area contributed by atoms with E-state index in [0.29, 0.717) is 5.75 Å². The monoisotopic (exact) mass is 276 g/mol. The van der Waals surface area contributed by atoms with Crippen molar-refractivity contribution >= 4 is 11.9 Å². The lowest BCUT2D eigenvalue weighted by Crippen LogP contribution is -2.47. The first kappa shape index (κ1) is 14.5. The Balaban J connectivity index is 1.97. The molecule has 20 heavy (non-hydrogen) atoms. The lowest BCUT2D eigenvalue weighted by molar-refractivity contribution is -0.132. The zero-order valence-electron chi connectivity index (χ0n) is 12.0. The third-order valence-corrected chi connectivity index (χ3v) is 3.44. The minimum Gasteiger partial charge on any atom is -0.426 e. The highest BCUT2D eigenvalue weighted by atomic mass is 16.5. The smallest absolute Gasteiger partial charge is 0.308 e. The molecule has 5 heteroatoms. The summed E-state index contributed by atoms with van der Waals surface area (Å²) in [5.41, 5.74) is 0.999. The fraction of sp³-hybridized carbons (Fsp3) is 0.467. The summed E-state index contributed by atoms with van der Waals surface area (Å²) < 4.78 is 5.22. The molecule has 1 saturated heterocycles. The lowest BCUT2D eigenvalue weighted by atomic mass is 10.1. The zero-order valence-corrected chi connectivity index (χ0v) is 12.0. The van der Waals surface area contributed by atoms with Crippen LogP contribution in [0.1, 0.15) is 19.4 Å². The maximum atomic E-state index is 11.3. The molecule has 2 rings (SSSR count). The van der Waals surface area contributed by atoms with Crippen LogP contribution in [-0.2, 0) is 16.1 Å². The van der Waals surface area contributed by atoms with Gasteiger partial charge in [-0.2, -0.15) is 0 Å². The molecule has 0 spiro atoms. The van der Waals surface area contributed by atoms with Gasteiger partial charge in [-0.1, -0.05) is 18.2 Å². The number of para-hydroxylation sites is 1. The molecule has 1 aliphatic rings. The van der Waals surface area contributed by atoms with Crippen LogP contribution in [-0.4, -0.2) is 47.9 Å². The number of nitrogens with zero attached hydrogens (tertiary/aromatic N) is 2. The van der Waals surface area contributed by atoms with Crippen LogP contribution >= 0.6 is 0 Å². The van der Waals surface area contributed by atoms with Gasteiger partial charge >= 0.3 is 5.97 Å². The van der Waals surface area contributed by atoms with E-state index in [4.69, 9.17) is 4.74 Å². The summed E-state index contributed by atoms with van der Waals surface area (Å²) in [6.07, 6.45) is 0. The zero-order chi connectivity index (χ0) is 14.5. The van der Waals surface area contributed by atoms with Crippen LogP contribution < -0.4 is 4.74 Å². The quantitative estimate of drug-likeness (QED) is 0.616. The Morgan fingerprint density at radius 2 is 1.75 bits per heavy atom. The maximum absolute atomic E-state index is 11.3. The van der Waals surface area contributed by atoms with E-state index in [1.807, 2.05) is 29.2 Å². The van der Waals surface area contributed by atoms with Crippen molar-refractivity contribution in [1.29, 1.82) is 0 Å². The Morgan fingerprint density at radius 1 is 1.10 bits per heavy atom. The molecule has 0 aromatic heterocycles. The molecule has 1 fully saturated rings. The van der Waals surface area contributed by atoms with Crippen LogP contribution in [0.25, 0.3) is 0 Å². The Bertz CT molecular complexity index is 494. The molecule has 108 valence electrons. The molecule has 1 aromatic rings. The Kier molecular flexibility index (Phi) is 4.74. The van der Waals surface area contributed by atoms with Crippen molar-refractivity contribution < 1.29 is 14.3 Å². The van der Waals surface area contributed by atoms with E-state index in [0.717, 1.165) is 38.3 Å². The molecule has 0 N–H and O–H groups in total. The summed E-state index contributed by atoms with van der Waals surface area (Å²) in [4.78, 5) is 26.5.